The lowest BCUT2D eigenvalue weighted by molar-refractivity contribution is 0.155. The quantitative estimate of drug-likeness (QED) is 0.638. The van der Waals surface area contributed by atoms with Gasteiger partial charge >= 0.3 is 6.09 Å². The molecule has 4 rings (SSSR count). The molecule has 1 fully saturated rings. The Bertz CT molecular complexity index is 943. The number of carbonyl (C=O) groups is 1. The molecular formula is C15H14N4O3. The van der Waals surface area contributed by atoms with Crippen molar-refractivity contribution in [3.05, 3.63) is 40.4 Å². The summed E-state index contributed by atoms with van der Waals surface area (Å²) < 4.78 is 0. The van der Waals surface area contributed by atoms with Gasteiger partial charge < -0.3 is 20.0 Å². The Morgan fingerprint density at radius 3 is 3.05 bits per heavy atom. The highest BCUT2D eigenvalue weighted by Crippen LogP contribution is 2.30. The van der Waals surface area contributed by atoms with Crippen LogP contribution in [0.15, 0.2) is 29.3 Å². The van der Waals surface area contributed by atoms with Crippen LogP contribution in [0, 0.1) is 0 Å². The van der Waals surface area contributed by atoms with Gasteiger partial charge in [0.05, 0.1) is 11.7 Å². The lowest BCUT2D eigenvalue weighted by Crippen LogP contribution is -2.26. The summed E-state index contributed by atoms with van der Waals surface area (Å²) >= 11 is 0. The van der Waals surface area contributed by atoms with Crippen LogP contribution in [-0.4, -0.2) is 44.1 Å². The van der Waals surface area contributed by atoms with Crippen molar-refractivity contribution in [3.8, 4) is 0 Å². The van der Waals surface area contributed by atoms with Gasteiger partial charge in [-0.1, -0.05) is 12.1 Å². The van der Waals surface area contributed by atoms with E-state index in [4.69, 9.17) is 5.11 Å². The summed E-state index contributed by atoms with van der Waals surface area (Å²) in [6, 6.07) is 5.87. The van der Waals surface area contributed by atoms with Crippen LogP contribution in [0.25, 0.3) is 21.9 Å². The molecule has 1 aliphatic rings. The predicted octanol–water partition coefficient (Wildman–Crippen LogP) is 1.87. The number of aromatic nitrogens is 3. The maximum absolute atomic E-state index is 11.9. The van der Waals surface area contributed by atoms with E-state index in [0.717, 1.165) is 22.9 Å². The highest BCUT2D eigenvalue weighted by Gasteiger charge is 2.27. The number of likely N-dealkylation sites (tertiary alicyclic amines) is 1. The number of carboxylic acid groups (broad SMARTS) is 1. The molecule has 0 aliphatic carbocycles. The maximum Gasteiger partial charge on any atom is 0.407 e. The summed E-state index contributed by atoms with van der Waals surface area (Å²) in [5.74, 6) is 0.193. The molecule has 3 heterocycles. The molecule has 22 heavy (non-hydrogen) atoms. The van der Waals surface area contributed by atoms with Crippen molar-refractivity contribution in [1.82, 2.24) is 19.9 Å². The molecule has 0 spiro atoms. The molecule has 1 aliphatic heterocycles. The van der Waals surface area contributed by atoms with Gasteiger partial charge in [-0.2, -0.15) is 0 Å². The third-order valence-corrected chi connectivity index (χ3v) is 4.35. The number of fused-ring (bicyclic) bond motifs is 3. The number of rotatable bonds is 1. The Morgan fingerprint density at radius 1 is 1.41 bits per heavy atom. The van der Waals surface area contributed by atoms with Gasteiger partial charge in [-0.15, -0.1) is 0 Å². The van der Waals surface area contributed by atoms with E-state index < -0.39 is 6.09 Å². The van der Waals surface area contributed by atoms with E-state index in [2.05, 4.69) is 15.0 Å². The zero-order valence-corrected chi connectivity index (χ0v) is 11.7. The first kappa shape index (κ1) is 12.9. The van der Waals surface area contributed by atoms with E-state index >= 15 is 0 Å². The normalized spacial score (nSPS) is 18.4. The number of hydrogen-bond donors (Lipinski definition) is 3. The van der Waals surface area contributed by atoms with E-state index in [0.29, 0.717) is 24.1 Å². The number of aromatic amines is 2. The Balaban J connectivity index is 1.79. The minimum atomic E-state index is -0.870. The SMILES string of the molecule is O=C(O)N1CCC(c2ccc3c(c2)[nH]c2nc[nH]c(=O)c23)C1. The van der Waals surface area contributed by atoms with Gasteiger partial charge in [0.15, 0.2) is 0 Å². The molecule has 3 aromatic rings. The number of amides is 1. The van der Waals surface area contributed by atoms with Crippen molar-refractivity contribution in [2.24, 2.45) is 0 Å². The third-order valence-electron chi connectivity index (χ3n) is 4.35. The number of nitrogens with one attached hydrogen (secondary N) is 2. The van der Waals surface area contributed by atoms with Gasteiger partial charge in [0.1, 0.15) is 5.65 Å². The van der Waals surface area contributed by atoms with Gasteiger partial charge in [-0.25, -0.2) is 9.78 Å². The molecule has 0 radical (unpaired) electrons. The molecule has 1 amide bonds. The summed E-state index contributed by atoms with van der Waals surface area (Å²) in [5.41, 5.74) is 2.33. The summed E-state index contributed by atoms with van der Waals surface area (Å²) in [6.45, 7) is 1.08. The van der Waals surface area contributed by atoms with E-state index in [1.165, 1.54) is 11.2 Å². The second-order valence-electron chi connectivity index (χ2n) is 5.60. The Kier molecular flexibility index (Phi) is 2.69. The van der Waals surface area contributed by atoms with Crippen molar-refractivity contribution in [2.75, 3.05) is 13.1 Å². The molecule has 0 saturated carbocycles. The van der Waals surface area contributed by atoms with Crippen LogP contribution in [0.3, 0.4) is 0 Å². The largest absolute Gasteiger partial charge is 0.465 e. The van der Waals surface area contributed by atoms with Crippen LogP contribution in [0.4, 0.5) is 4.79 Å². The Morgan fingerprint density at radius 2 is 2.27 bits per heavy atom. The van der Waals surface area contributed by atoms with Crippen LogP contribution < -0.4 is 5.56 Å². The van der Waals surface area contributed by atoms with Gasteiger partial charge in [-0.3, -0.25) is 4.79 Å². The first-order chi connectivity index (χ1) is 10.6. The number of hydrogen-bond acceptors (Lipinski definition) is 3. The van der Waals surface area contributed by atoms with Crippen LogP contribution in [0.2, 0.25) is 0 Å². The van der Waals surface area contributed by atoms with E-state index in [1.807, 2.05) is 18.2 Å². The van der Waals surface area contributed by atoms with Gasteiger partial charge in [0.25, 0.3) is 5.56 Å². The second-order valence-corrected chi connectivity index (χ2v) is 5.60. The van der Waals surface area contributed by atoms with E-state index in [9.17, 15) is 9.59 Å². The average molecular weight is 298 g/mol. The summed E-state index contributed by atoms with van der Waals surface area (Å²) in [7, 11) is 0. The topological polar surface area (TPSA) is 102 Å². The van der Waals surface area contributed by atoms with Crippen molar-refractivity contribution < 1.29 is 9.90 Å². The third kappa shape index (κ3) is 1.86. The lowest BCUT2D eigenvalue weighted by atomic mass is 9.97. The zero-order chi connectivity index (χ0) is 15.3. The smallest absolute Gasteiger partial charge is 0.407 e. The highest BCUT2D eigenvalue weighted by molar-refractivity contribution is 6.05. The van der Waals surface area contributed by atoms with Crippen LogP contribution in [0.1, 0.15) is 17.9 Å². The summed E-state index contributed by atoms with van der Waals surface area (Å²) in [5, 5.41) is 10.4. The molecule has 1 saturated heterocycles. The second kappa shape index (κ2) is 4.59. The summed E-state index contributed by atoms with van der Waals surface area (Å²) in [6.07, 6.45) is 1.32. The number of H-pyrrole nitrogens is 2. The van der Waals surface area contributed by atoms with Crippen molar-refractivity contribution in [2.45, 2.75) is 12.3 Å². The fourth-order valence-electron chi connectivity index (χ4n) is 3.22. The lowest BCUT2D eigenvalue weighted by Gasteiger charge is -2.12. The minimum Gasteiger partial charge on any atom is -0.465 e. The maximum atomic E-state index is 11.9. The van der Waals surface area contributed by atoms with Gasteiger partial charge in [-0.05, 0) is 18.1 Å². The molecule has 0 bridgehead atoms. The first-order valence-corrected chi connectivity index (χ1v) is 7.10. The van der Waals surface area contributed by atoms with Crippen LogP contribution in [0.5, 0.6) is 0 Å². The molecule has 2 aromatic heterocycles. The number of benzene rings is 1. The average Bonchev–Trinajstić information content (AvgIpc) is 3.11. The fourth-order valence-corrected chi connectivity index (χ4v) is 3.22. The first-order valence-electron chi connectivity index (χ1n) is 7.10. The molecule has 7 heteroatoms. The molecule has 1 unspecified atom stereocenters. The molecule has 3 N–H and O–H groups in total. The summed E-state index contributed by atoms with van der Waals surface area (Å²) in [4.78, 5) is 34.3. The van der Waals surface area contributed by atoms with Gasteiger partial charge in [0, 0.05) is 29.9 Å². The van der Waals surface area contributed by atoms with Crippen LogP contribution >= 0.6 is 0 Å². The number of nitrogens with zero attached hydrogens (tertiary/aromatic N) is 2. The molecule has 1 aromatic carbocycles. The standard InChI is InChI=1S/C15H14N4O3/c20-14-12-10-2-1-8(9-3-4-19(6-9)15(21)22)5-11(10)18-13(12)16-7-17-14/h1-2,5,7,9H,3-4,6H2,(H,21,22)(H2,16,17,18,20). The molecule has 112 valence electrons. The van der Waals surface area contributed by atoms with Crippen LogP contribution in [-0.2, 0) is 0 Å². The Labute approximate surface area is 124 Å². The van der Waals surface area contributed by atoms with E-state index in [-0.39, 0.29) is 11.5 Å². The van der Waals surface area contributed by atoms with Gasteiger partial charge in [0.2, 0.25) is 0 Å². The monoisotopic (exact) mass is 298 g/mol. The minimum absolute atomic E-state index is 0.165. The predicted molar refractivity (Wildman–Crippen MR) is 81.2 cm³/mol. The zero-order valence-electron chi connectivity index (χ0n) is 11.7. The highest BCUT2D eigenvalue weighted by atomic mass is 16.4. The molecule has 1 atom stereocenters. The van der Waals surface area contributed by atoms with Crippen molar-refractivity contribution in [1.29, 1.82) is 0 Å². The van der Waals surface area contributed by atoms with Crippen molar-refractivity contribution in [3.63, 3.8) is 0 Å². The van der Waals surface area contributed by atoms with E-state index in [1.54, 1.807) is 0 Å². The molecule has 7 nitrogen and oxygen atoms in total. The molecular weight excluding hydrogens is 284 g/mol. The fraction of sp³-hybridized carbons (Fsp3) is 0.267. The van der Waals surface area contributed by atoms with Crippen molar-refractivity contribution >= 4 is 28.0 Å². The Hall–Kier alpha value is -2.83.